The van der Waals surface area contributed by atoms with E-state index in [0.717, 1.165) is 0 Å². The highest BCUT2D eigenvalue weighted by Crippen LogP contribution is 2.28. The van der Waals surface area contributed by atoms with Crippen molar-refractivity contribution in [3.8, 4) is 0 Å². The SMILES string of the molecule is Cc1c(N)cc(Br)cc1S(=O)(=O)N(C)CCC(C)O. The summed E-state index contributed by atoms with van der Waals surface area (Å²) in [7, 11) is -2.10. The quantitative estimate of drug-likeness (QED) is 0.792. The zero-order chi connectivity index (χ0) is 14.8. The Kier molecular flexibility index (Phi) is 5.37. The number of sulfonamides is 1. The van der Waals surface area contributed by atoms with Crippen molar-refractivity contribution < 1.29 is 13.5 Å². The standard InChI is InChI=1S/C12H19BrN2O3S/c1-8(16)4-5-15(3)19(17,18)12-7-10(13)6-11(14)9(12)2/h6-8,16H,4-5,14H2,1-3H3. The van der Waals surface area contributed by atoms with Crippen LogP contribution in [0.3, 0.4) is 0 Å². The molecule has 19 heavy (non-hydrogen) atoms. The van der Waals surface area contributed by atoms with Crippen LogP contribution < -0.4 is 5.73 Å². The molecule has 1 atom stereocenters. The maximum Gasteiger partial charge on any atom is 0.243 e. The van der Waals surface area contributed by atoms with Crippen molar-refractivity contribution in [3.05, 3.63) is 22.2 Å². The van der Waals surface area contributed by atoms with Crippen LogP contribution in [0.25, 0.3) is 0 Å². The van der Waals surface area contributed by atoms with E-state index in [1.165, 1.54) is 11.4 Å². The van der Waals surface area contributed by atoms with Crippen LogP contribution in [-0.2, 0) is 10.0 Å². The van der Waals surface area contributed by atoms with Crippen molar-refractivity contribution in [1.82, 2.24) is 4.31 Å². The molecule has 0 bridgehead atoms. The molecule has 3 N–H and O–H groups in total. The van der Waals surface area contributed by atoms with Gasteiger partial charge in [0.2, 0.25) is 10.0 Å². The fourth-order valence-corrected chi connectivity index (χ4v) is 3.69. The van der Waals surface area contributed by atoms with Crippen molar-refractivity contribution in [1.29, 1.82) is 0 Å². The summed E-state index contributed by atoms with van der Waals surface area (Å²) in [5.41, 5.74) is 6.75. The molecule has 0 aromatic heterocycles. The van der Waals surface area contributed by atoms with Gasteiger partial charge in [-0.3, -0.25) is 0 Å². The minimum absolute atomic E-state index is 0.187. The smallest absolute Gasteiger partial charge is 0.243 e. The zero-order valence-electron chi connectivity index (χ0n) is 11.2. The van der Waals surface area contributed by atoms with Crippen LogP contribution in [0.4, 0.5) is 5.69 Å². The first-order valence-electron chi connectivity index (χ1n) is 5.86. The maximum atomic E-state index is 12.4. The highest BCUT2D eigenvalue weighted by molar-refractivity contribution is 9.10. The Morgan fingerprint density at radius 1 is 1.47 bits per heavy atom. The van der Waals surface area contributed by atoms with E-state index in [-0.39, 0.29) is 11.4 Å². The largest absolute Gasteiger partial charge is 0.398 e. The van der Waals surface area contributed by atoms with Gasteiger partial charge in [-0.25, -0.2) is 12.7 Å². The lowest BCUT2D eigenvalue weighted by atomic mass is 10.2. The summed E-state index contributed by atoms with van der Waals surface area (Å²) >= 11 is 3.25. The molecule has 1 unspecified atom stereocenters. The van der Waals surface area contributed by atoms with E-state index >= 15 is 0 Å². The summed E-state index contributed by atoms with van der Waals surface area (Å²) < 4.78 is 26.7. The third-order valence-electron chi connectivity index (χ3n) is 2.91. The average Bonchev–Trinajstić information content (AvgIpc) is 2.30. The van der Waals surface area contributed by atoms with Gasteiger partial charge in [0.15, 0.2) is 0 Å². The van der Waals surface area contributed by atoms with Crippen LogP contribution in [0.15, 0.2) is 21.5 Å². The monoisotopic (exact) mass is 350 g/mol. The molecule has 1 aromatic rings. The number of anilines is 1. The molecular weight excluding hydrogens is 332 g/mol. The summed E-state index contributed by atoms with van der Waals surface area (Å²) in [6, 6.07) is 3.21. The molecule has 0 spiro atoms. The number of nitrogen functional groups attached to an aromatic ring is 1. The number of aliphatic hydroxyl groups is 1. The second kappa shape index (κ2) is 6.21. The zero-order valence-corrected chi connectivity index (χ0v) is 13.6. The first-order valence-corrected chi connectivity index (χ1v) is 8.09. The molecule has 1 aromatic carbocycles. The number of nitrogens with zero attached hydrogens (tertiary/aromatic N) is 1. The normalized spacial score (nSPS) is 13.8. The lowest BCUT2D eigenvalue weighted by Gasteiger charge is -2.20. The van der Waals surface area contributed by atoms with Crippen LogP contribution in [0, 0.1) is 6.92 Å². The Morgan fingerprint density at radius 3 is 2.58 bits per heavy atom. The van der Waals surface area contributed by atoms with Crippen LogP contribution in [-0.4, -0.2) is 37.5 Å². The number of nitrogens with two attached hydrogens (primary N) is 1. The van der Waals surface area contributed by atoms with E-state index in [0.29, 0.717) is 22.1 Å². The van der Waals surface area contributed by atoms with Gasteiger partial charge >= 0.3 is 0 Å². The van der Waals surface area contributed by atoms with Gasteiger partial charge in [-0.05, 0) is 38.0 Å². The van der Waals surface area contributed by atoms with E-state index < -0.39 is 16.1 Å². The highest BCUT2D eigenvalue weighted by Gasteiger charge is 2.24. The van der Waals surface area contributed by atoms with Crippen LogP contribution >= 0.6 is 15.9 Å². The topological polar surface area (TPSA) is 83.6 Å². The number of hydrogen-bond donors (Lipinski definition) is 2. The number of hydrogen-bond acceptors (Lipinski definition) is 4. The van der Waals surface area contributed by atoms with Gasteiger partial charge in [-0.15, -0.1) is 0 Å². The Bertz CT molecular complexity index is 558. The number of aliphatic hydroxyl groups excluding tert-OH is 1. The van der Waals surface area contributed by atoms with Crippen molar-refractivity contribution in [2.75, 3.05) is 19.3 Å². The Labute approximate surface area is 122 Å². The van der Waals surface area contributed by atoms with Crippen molar-refractivity contribution in [2.45, 2.75) is 31.3 Å². The molecule has 7 heteroatoms. The second-order valence-electron chi connectivity index (χ2n) is 4.58. The molecule has 1 rings (SSSR count). The van der Waals surface area contributed by atoms with Gasteiger partial charge in [-0.2, -0.15) is 0 Å². The van der Waals surface area contributed by atoms with Gasteiger partial charge in [0.25, 0.3) is 0 Å². The van der Waals surface area contributed by atoms with Gasteiger partial charge in [0, 0.05) is 23.8 Å². The molecule has 0 amide bonds. The molecule has 108 valence electrons. The summed E-state index contributed by atoms with van der Waals surface area (Å²) in [6.45, 7) is 3.56. The van der Waals surface area contributed by atoms with Crippen molar-refractivity contribution in [2.24, 2.45) is 0 Å². The summed E-state index contributed by atoms with van der Waals surface area (Å²) in [5.74, 6) is 0. The first-order chi connectivity index (χ1) is 8.66. The van der Waals surface area contributed by atoms with Crippen molar-refractivity contribution in [3.63, 3.8) is 0 Å². The molecule has 0 saturated heterocycles. The Balaban J connectivity index is 3.13. The number of rotatable bonds is 5. The van der Waals surface area contributed by atoms with E-state index in [2.05, 4.69) is 15.9 Å². The van der Waals surface area contributed by atoms with E-state index in [1.807, 2.05) is 0 Å². The molecule has 0 radical (unpaired) electrons. The molecule has 0 heterocycles. The fraction of sp³-hybridized carbons (Fsp3) is 0.500. The minimum Gasteiger partial charge on any atom is -0.398 e. The van der Waals surface area contributed by atoms with Gasteiger partial charge in [-0.1, -0.05) is 15.9 Å². The molecule has 0 saturated carbocycles. The van der Waals surface area contributed by atoms with Gasteiger partial charge in [0.1, 0.15) is 0 Å². The predicted octanol–water partition coefficient (Wildman–Crippen LogP) is 1.73. The van der Waals surface area contributed by atoms with E-state index in [1.54, 1.807) is 26.0 Å². The van der Waals surface area contributed by atoms with Gasteiger partial charge < -0.3 is 10.8 Å². The average molecular weight is 351 g/mol. The van der Waals surface area contributed by atoms with Gasteiger partial charge in [0.05, 0.1) is 11.0 Å². The number of halogens is 1. The third-order valence-corrected chi connectivity index (χ3v) is 5.36. The maximum absolute atomic E-state index is 12.4. The molecule has 0 aliphatic heterocycles. The molecule has 0 aliphatic carbocycles. The molecule has 5 nitrogen and oxygen atoms in total. The Hall–Kier alpha value is -0.630. The van der Waals surface area contributed by atoms with E-state index in [9.17, 15) is 13.5 Å². The summed E-state index contributed by atoms with van der Waals surface area (Å²) in [4.78, 5) is 0.187. The number of benzene rings is 1. The first kappa shape index (κ1) is 16.4. The molecule has 0 aliphatic rings. The van der Waals surface area contributed by atoms with Crippen LogP contribution in [0.5, 0.6) is 0 Å². The lowest BCUT2D eigenvalue weighted by molar-refractivity contribution is 0.177. The predicted molar refractivity (Wildman–Crippen MR) is 79.4 cm³/mol. The summed E-state index contributed by atoms with van der Waals surface area (Å²) in [6.07, 6.45) is -0.149. The van der Waals surface area contributed by atoms with E-state index in [4.69, 9.17) is 5.73 Å². The highest BCUT2D eigenvalue weighted by atomic mass is 79.9. The summed E-state index contributed by atoms with van der Waals surface area (Å²) in [5, 5.41) is 9.23. The lowest BCUT2D eigenvalue weighted by Crippen LogP contribution is -2.30. The molecular formula is C12H19BrN2O3S. The third kappa shape index (κ3) is 3.92. The minimum atomic E-state index is -3.60. The fourth-order valence-electron chi connectivity index (χ4n) is 1.60. The second-order valence-corrected chi connectivity index (χ2v) is 7.51. The van der Waals surface area contributed by atoms with Crippen molar-refractivity contribution >= 4 is 31.6 Å². The molecule has 0 fully saturated rings. The Morgan fingerprint density at radius 2 is 2.05 bits per heavy atom. The van der Waals surface area contributed by atoms with Crippen LogP contribution in [0.1, 0.15) is 18.9 Å². The van der Waals surface area contributed by atoms with Crippen LogP contribution in [0.2, 0.25) is 0 Å².